The number of nitrogens with one attached hydrogen (secondary N) is 1. The van der Waals surface area contributed by atoms with Gasteiger partial charge in [-0.2, -0.15) is 10.4 Å². The van der Waals surface area contributed by atoms with Crippen LogP contribution in [0, 0.1) is 11.3 Å². The number of anilines is 2. The summed E-state index contributed by atoms with van der Waals surface area (Å²) in [5.74, 6) is 0.516. The lowest BCUT2D eigenvalue weighted by Gasteiger charge is -2.08. The molecule has 4 rings (SSSR count). The molecule has 0 spiro atoms. The van der Waals surface area contributed by atoms with Crippen LogP contribution in [0.4, 0.5) is 11.8 Å². The molecule has 0 bridgehead atoms. The van der Waals surface area contributed by atoms with Gasteiger partial charge in [0.1, 0.15) is 0 Å². The van der Waals surface area contributed by atoms with Gasteiger partial charge in [0.25, 0.3) is 0 Å². The Hall–Kier alpha value is -4.25. The van der Waals surface area contributed by atoms with E-state index in [1.54, 1.807) is 29.1 Å². The molecule has 0 aliphatic rings. The molecule has 0 aliphatic heterocycles. The second-order valence-electron chi connectivity index (χ2n) is 7.23. The van der Waals surface area contributed by atoms with Crippen LogP contribution >= 0.6 is 0 Å². The van der Waals surface area contributed by atoms with E-state index in [-0.39, 0.29) is 18.3 Å². The van der Waals surface area contributed by atoms with Gasteiger partial charge in [0.2, 0.25) is 11.9 Å². The first-order valence-corrected chi connectivity index (χ1v) is 9.85. The Balaban J connectivity index is 1.59. The van der Waals surface area contributed by atoms with Crippen LogP contribution in [0.1, 0.15) is 23.6 Å². The van der Waals surface area contributed by atoms with Crippen LogP contribution in [-0.2, 0) is 24.7 Å². The molecular weight excluding hydrogens is 390 g/mol. The number of hydrogen-bond donors (Lipinski definition) is 2. The van der Waals surface area contributed by atoms with Crippen LogP contribution in [0.5, 0.6) is 0 Å². The number of fused-ring (bicyclic) bond motifs is 1. The molecule has 0 fully saturated rings. The van der Waals surface area contributed by atoms with Gasteiger partial charge in [-0.1, -0.05) is 19.1 Å². The topological polar surface area (TPSA) is 123 Å². The molecule has 0 saturated carbocycles. The number of hydrogen-bond acceptors (Lipinski definition) is 6. The van der Waals surface area contributed by atoms with Crippen molar-refractivity contribution in [1.82, 2.24) is 19.7 Å². The molecular formula is C23H21N7O. The van der Waals surface area contributed by atoms with E-state index in [2.05, 4.69) is 39.4 Å². The Morgan fingerprint density at radius 3 is 2.87 bits per heavy atom. The van der Waals surface area contributed by atoms with Gasteiger partial charge in [-0.3, -0.25) is 9.48 Å². The zero-order chi connectivity index (χ0) is 22.0. The molecule has 0 atom stereocenters. The number of nitriles is 1. The summed E-state index contributed by atoms with van der Waals surface area (Å²) in [5.41, 5.74) is 10.8. The summed E-state index contributed by atoms with van der Waals surface area (Å²) in [6.07, 6.45) is 2.68. The van der Waals surface area contributed by atoms with E-state index in [1.165, 1.54) is 0 Å². The van der Waals surface area contributed by atoms with Crippen molar-refractivity contribution in [2.75, 3.05) is 11.1 Å². The second kappa shape index (κ2) is 8.24. The lowest BCUT2D eigenvalue weighted by molar-refractivity contribution is -0.115. The maximum absolute atomic E-state index is 12.5. The molecule has 154 valence electrons. The van der Waals surface area contributed by atoms with Gasteiger partial charge in [0.15, 0.2) is 5.82 Å². The third kappa shape index (κ3) is 4.21. The first kappa shape index (κ1) is 20.0. The Morgan fingerprint density at radius 1 is 1.26 bits per heavy atom. The molecule has 2 aromatic carbocycles. The first-order valence-electron chi connectivity index (χ1n) is 9.85. The SMILES string of the molecule is CCc1cc(-c2cc(NC(=O)Cc3cccc(C#N)c3)nn2C)cc2cnc(N)nc12. The third-order valence-corrected chi connectivity index (χ3v) is 5.03. The van der Waals surface area contributed by atoms with Crippen molar-refractivity contribution >= 4 is 28.6 Å². The summed E-state index contributed by atoms with van der Waals surface area (Å²) in [6, 6.07) is 15.0. The minimum Gasteiger partial charge on any atom is -0.368 e. The van der Waals surface area contributed by atoms with Gasteiger partial charge in [0.05, 0.1) is 29.3 Å². The number of carbonyl (C=O) groups is 1. The van der Waals surface area contributed by atoms with Crippen molar-refractivity contribution in [1.29, 1.82) is 5.26 Å². The van der Waals surface area contributed by atoms with E-state index in [9.17, 15) is 4.79 Å². The van der Waals surface area contributed by atoms with Crippen molar-refractivity contribution in [3.63, 3.8) is 0 Å². The monoisotopic (exact) mass is 411 g/mol. The average Bonchev–Trinajstić information content (AvgIpc) is 3.12. The number of nitrogens with two attached hydrogens (primary N) is 1. The quantitative estimate of drug-likeness (QED) is 0.520. The normalized spacial score (nSPS) is 10.7. The Labute approximate surface area is 179 Å². The summed E-state index contributed by atoms with van der Waals surface area (Å²) in [5, 5.41) is 17.2. The molecule has 1 amide bonds. The standard InChI is InChI=1S/C23H21N7O/c1-3-16-9-17(10-18-13-26-23(25)28-22(16)18)19-11-20(29-30(19)2)27-21(31)8-14-5-4-6-15(7-14)12-24/h4-7,9-11,13H,3,8H2,1-2H3,(H2,25,26,28)(H,27,29,31). The van der Waals surface area contributed by atoms with Crippen molar-refractivity contribution in [3.8, 4) is 17.3 Å². The van der Waals surface area contributed by atoms with Gasteiger partial charge in [-0.25, -0.2) is 9.97 Å². The lowest BCUT2D eigenvalue weighted by Crippen LogP contribution is -2.15. The predicted molar refractivity (Wildman–Crippen MR) is 119 cm³/mol. The Morgan fingerprint density at radius 2 is 2.10 bits per heavy atom. The third-order valence-electron chi connectivity index (χ3n) is 5.03. The van der Waals surface area contributed by atoms with Crippen LogP contribution in [0.15, 0.2) is 48.7 Å². The minimum atomic E-state index is -0.198. The molecule has 4 aromatic rings. The molecule has 8 heteroatoms. The molecule has 2 aromatic heterocycles. The van der Waals surface area contributed by atoms with Crippen LogP contribution < -0.4 is 11.1 Å². The van der Waals surface area contributed by atoms with E-state index in [0.29, 0.717) is 11.4 Å². The van der Waals surface area contributed by atoms with Crippen LogP contribution in [-0.4, -0.2) is 25.7 Å². The van der Waals surface area contributed by atoms with Crippen LogP contribution in [0.25, 0.3) is 22.2 Å². The highest BCUT2D eigenvalue weighted by Gasteiger charge is 2.14. The maximum atomic E-state index is 12.5. The average molecular weight is 411 g/mol. The highest BCUT2D eigenvalue weighted by molar-refractivity contribution is 5.92. The van der Waals surface area contributed by atoms with E-state index in [0.717, 1.165) is 39.7 Å². The van der Waals surface area contributed by atoms with Gasteiger partial charge >= 0.3 is 0 Å². The van der Waals surface area contributed by atoms with Crippen molar-refractivity contribution in [3.05, 3.63) is 65.4 Å². The molecule has 0 saturated heterocycles. The molecule has 8 nitrogen and oxygen atoms in total. The zero-order valence-electron chi connectivity index (χ0n) is 17.3. The Bertz CT molecular complexity index is 1330. The fourth-order valence-electron chi connectivity index (χ4n) is 3.57. The smallest absolute Gasteiger partial charge is 0.229 e. The second-order valence-corrected chi connectivity index (χ2v) is 7.23. The predicted octanol–water partition coefficient (Wildman–Crippen LogP) is 3.23. The molecule has 2 heterocycles. The number of aromatic nitrogens is 4. The summed E-state index contributed by atoms with van der Waals surface area (Å²) >= 11 is 0. The number of rotatable bonds is 5. The van der Waals surface area contributed by atoms with Gasteiger partial charge in [-0.15, -0.1) is 0 Å². The van der Waals surface area contributed by atoms with Crippen molar-refractivity contribution < 1.29 is 4.79 Å². The maximum Gasteiger partial charge on any atom is 0.229 e. The minimum absolute atomic E-state index is 0.163. The lowest BCUT2D eigenvalue weighted by atomic mass is 10.0. The fraction of sp³-hybridized carbons (Fsp3) is 0.174. The summed E-state index contributed by atoms with van der Waals surface area (Å²) < 4.78 is 1.73. The fourth-order valence-corrected chi connectivity index (χ4v) is 3.57. The van der Waals surface area contributed by atoms with Crippen molar-refractivity contribution in [2.45, 2.75) is 19.8 Å². The van der Waals surface area contributed by atoms with Gasteiger partial charge in [0, 0.05) is 30.3 Å². The number of amides is 1. The van der Waals surface area contributed by atoms with Crippen molar-refractivity contribution in [2.24, 2.45) is 7.05 Å². The number of nitrogen functional groups attached to an aromatic ring is 1. The van der Waals surface area contributed by atoms with Crippen LogP contribution in [0.2, 0.25) is 0 Å². The molecule has 3 N–H and O–H groups in total. The number of nitrogens with zero attached hydrogens (tertiary/aromatic N) is 5. The van der Waals surface area contributed by atoms with Crippen LogP contribution in [0.3, 0.4) is 0 Å². The zero-order valence-corrected chi connectivity index (χ0v) is 17.3. The molecule has 0 radical (unpaired) electrons. The molecule has 31 heavy (non-hydrogen) atoms. The Kier molecular flexibility index (Phi) is 5.33. The molecule has 0 unspecified atom stereocenters. The summed E-state index contributed by atoms with van der Waals surface area (Å²) in [4.78, 5) is 20.9. The molecule has 0 aliphatic carbocycles. The summed E-state index contributed by atoms with van der Waals surface area (Å²) in [6.45, 7) is 2.06. The highest BCUT2D eigenvalue weighted by atomic mass is 16.1. The highest BCUT2D eigenvalue weighted by Crippen LogP contribution is 2.28. The van der Waals surface area contributed by atoms with E-state index >= 15 is 0 Å². The number of carbonyl (C=O) groups excluding carboxylic acids is 1. The number of benzene rings is 2. The van der Waals surface area contributed by atoms with E-state index < -0.39 is 0 Å². The first-order chi connectivity index (χ1) is 15.0. The van der Waals surface area contributed by atoms with Gasteiger partial charge < -0.3 is 11.1 Å². The van der Waals surface area contributed by atoms with E-state index in [4.69, 9.17) is 11.0 Å². The van der Waals surface area contributed by atoms with E-state index in [1.807, 2.05) is 25.2 Å². The van der Waals surface area contributed by atoms with Gasteiger partial charge in [-0.05, 0) is 41.8 Å². The summed E-state index contributed by atoms with van der Waals surface area (Å²) in [7, 11) is 1.83. The largest absolute Gasteiger partial charge is 0.368 e. The number of aryl methyl sites for hydroxylation is 2.